The number of para-hydroxylation sites is 1. The largest absolute Gasteiger partial charge is 0.504 e. The first-order chi connectivity index (χ1) is 8.22. The third-order valence-corrected chi connectivity index (χ3v) is 2.03. The van der Waals surface area contributed by atoms with E-state index >= 15 is 0 Å². The number of tetrazole rings is 1. The lowest BCUT2D eigenvalue weighted by atomic mass is 10.2. The van der Waals surface area contributed by atoms with Gasteiger partial charge < -0.3 is 15.6 Å². The molecule has 0 spiro atoms. The van der Waals surface area contributed by atoms with Crippen LogP contribution in [0.2, 0.25) is 0 Å². The third-order valence-electron chi connectivity index (χ3n) is 2.03. The number of aromatic hydroxyl groups is 1. The zero-order valence-electron chi connectivity index (χ0n) is 8.98. The second-order valence-corrected chi connectivity index (χ2v) is 3.07. The third kappa shape index (κ3) is 2.14. The second-order valence-electron chi connectivity index (χ2n) is 3.07. The van der Waals surface area contributed by atoms with E-state index in [4.69, 9.17) is 10.5 Å². The highest BCUT2D eigenvalue weighted by Gasteiger charge is 2.05. The molecule has 3 N–H and O–H groups in total. The van der Waals surface area contributed by atoms with Crippen LogP contribution in [0.25, 0.3) is 0 Å². The summed E-state index contributed by atoms with van der Waals surface area (Å²) in [5, 5.41) is 24.0. The van der Waals surface area contributed by atoms with Crippen LogP contribution in [-0.2, 0) is 0 Å². The van der Waals surface area contributed by atoms with Crippen LogP contribution in [0.4, 0.5) is 5.95 Å². The van der Waals surface area contributed by atoms with E-state index in [1.54, 1.807) is 18.2 Å². The van der Waals surface area contributed by atoms with Gasteiger partial charge in [0.2, 0.25) is 0 Å². The van der Waals surface area contributed by atoms with Crippen molar-refractivity contribution in [2.75, 3.05) is 12.8 Å². The summed E-state index contributed by atoms with van der Waals surface area (Å²) < 4.78 is 4.96. The minimum atomic E-state index is -0.00889. The number of anilines is 1. The van der Waals surface area contributed by atoms with Gasteiger partial charge in [0.05, 0.1) is 13.3 Å². The molecule has 17 heavy (non-hydrogen) atoms. The van der Waals surface area contributed by atoms with Gasteiger partial charge >= 0.3 is 0 Å². The van der Waals surface area contributed by atoms with Crippen molar-refractivity contribution in [3.05, 3.63) is 23.8 Å². The van der Waals surface area contributed by atoms with E-state index in [2.05, 4.69) is 20.6 Å². The van der Waals surface area contributed by atoms with Crippen LogP contribution in [-0.4, -0.2) is 38.7 Å². The van der Waals surface area contributed by atoms with Crippen molar-refractivity contribution in [3.63, 3.8) is 0 Å². The Kier molecular flexibility index (Phi) is 2.86. The maximum atomic E-state index is 9.78. The zero-order chi connectivity index (χ0) is 12.3. The van der Waals surface area contributed by atoms with Crippen molar-refractivity contribution in [2.24, 2.45) is 5.10 Å². The van der Waals surface area contributed by atoms with E-state index in [0.29, 0.717) is 11.3 Å². The molecule has 0 saturated heterocycles. The molecule has 0 bridgehead atoms. The van der Waals surface area contributed by atoms with Gasteiger partial charge in [-0.05, 0) is 22.6 Å². The summed E-state index contributed by atoms with van der Waals surface area (Å²) in [4.78, 5) is 1.04. The monoisotopic (exact) mass is 234 g/mol. The normalized spacial score (nSPS) is 10.9. The lowest BCUT2D eigenvalue weighted by molar-refractivity contribution is 0.373. The van der Waals surface area contributed by atoms with Crippen LogP contribution in [0.3, 0.4) is 0 Å². The van der Waals surface area contributed by atoms with E-state index < -0.39 is 0 Å². The van der Waals surface area contributed by atoms with E-state index in [9.17, 15) is 5.11 Å². The van der Waals surface area contributed by atoms with E-state index in [1.165, 1.54) is 13.3 Å². The van der Waals surface area contributed by atoms with Crippen LogP contribution < -0.4 is 10.5 Å². The van der Waals surface area contributed by atoms with Crippen LogP contribution in [0, 0.1) is 0 Å². The van der Waals surface area contributed by atoms with E-state index in [1.807, 2.05) is 0 Å². The van der Waals surface area contributed by atoms with Gasteiger partial charge in [-0.1, -0.05) is 16.0 Å². The first-order valence-electron chi connectivity index (χ1n) is 4.66. The number of benzene rings is 1. The SMILES string of the molecule is COc1cccc(C=Nn2nnnc2N)c1O. The Hall–Kier alpha value is -2.64. The van der Waals surface area contributed by atoms with Crippen LogP contribution in [0.1, 0.15) is 5.56 Å². The molecule has 0 fully saturated rings. The molecule has 8 heteroatoms. The van der Waals surface area contributed by atoms with Gasteiger partial charge in [0.25, 0.3) is 5.95 Å². The molecule has 1 heterocycles. The molecule has 2 aromatic rings. The molecular formula is C9H10N6O2. The number of hydrogen-bond acceptors (Lipinski definition) is 7. The number of aromatic nitrogens is 4. The molecule has 0 radical (unpaired) electrons. The molecule has 0 aliphatic rings. The Morgan fingerprint density at radius 3 is 3.00 bits per heavy atom. The summed E-state index contributed by atoms with van der Waals surface area (Å²) in [6.45, 7) is 0. The number of nitrogens with zero attached hydrogens (tertiary/aromatic N) is 5. The summed E-state index contributed by atoms with van der Waals surface area (Å²) in [6.07, 6.45) is 1.38. The van der Waals surface area contributed by atoms with Gasteiger partial charge in [0.1, 0.15) is 0 Å². The van der Waals surface area contributed by atoms with E-state index in [0.717, 1.165) is 4.79 Å². The summed E-state index contributed by atoms with van der Waals surface area (Å²) in [6, 6.07) is 5.03. The molecule has 1 aromatic heterocycles. The Morgan fingerprint density at radius 2 is 2.35 bits per heavy atom. The lowest BCUT2D eigenvalue weighted by Crippen LogP contribution is -1.99. The average molecular weight is 234 g/mol. The predicted octanol–water partition coefficient (Wildman–Crippen LogP) is -0.148. The molecule has 0 unspecified atom stereocenters. The minimum Gasteiger partial charge on any atom is -0.504 e. The summed E-state index contributed by atoms with van der Waals surface area (Å²) >= 11 is 0. The molecule has 0 aliphatic heterocycles. The predicted molar refractivity (Wildman–Crippen MR) is 59.9 cm³/mol. The van der Waals surface area contributed by atoms with Gasteiger partial charge in [-0.3, -0.25) is 0 Å². The number of hydrogen-bond donors (Lipinski definition) is 2. The van der Waals surface area contributed by atoms with Crippen molar-refractivity contribution in [1.82, 2.24) is 20.3 Å². The highest BCUT2D eigenvalue weighted by Crippen LogP contribution is 2.27. The van der Waals surface area contributed by atoms with Crippen molar-refractivity contribution < 1.29 is 9.84 Å². The summed E-state index contributed by atoms with van der Waals surface area (Å²) in [5.41, 5.74) is 5.90. The Labute approximate surface area is 96.3 Å². The fourth-order valence-corrected chi connectivity index (χ4v) is 1.20. The van der Waals surface area contributed by atoms with Crippen LogP contribution in [0.15, 0.2) is 23.3 Å². The number of methoxy groups -OCH3 is 1. The molecule has 0 atom stereocenters. The number of rotatable bonds is 3. The molecule has 0 aliphatic carbocycles. The van der Waals surface area contributed by atoms with Crippen LogP contribution >= 0.6 is 0 Å². The van der Waals surface area contributed by atoms with E-state index in [-0.39, 0.29) is 11.7 Å². The van der Waals surface area contributed by atoms with Crippen molar-refractivity contribution in [1.29, 1.82) is 0 Å². The van der Waals surface area contributed by atoms with Gasteiger partial charge in [-0.15, -0.1) is 0 Å². The summed E-state index contributed by atoms with van der Waals surface area (Å²) in [5.74, 6) is 0.410. The van der Waals surface area contributed by atoms with Gasteiger partial charge in [0.15, 0.2) is 11.5 Å². The van der Waals surface area contributed by atoms with Crippen molar-refractivity contribution >= 4 is 12.2 Å². The first kappa shape index (κ1) is 10.9. The van der Waals surface area contributed by atoms with Gasteiger partial charge in [-0.2, -0.15) is 5.10 Å². The minimum absolute atomic E-state index is 0.00889. The lowest BCUT2D eigenvalue weighted by Gasteiger charge is -2.04. The fraction of sp³-hybridized carbons (Fsp3) is 0.111. The highest BCUT2D eigenvalue weighted by atomic mass is 16.5. The molecule has 0 saturated carbocycles. The standard InChI is InChI=1S/C9H10N6O2/c1-17-7-4-2-3-6(8(7)16)5-11-15-9(10)12-13-14-15/h2-5,16H,1H3,(H2,10,12,14). The quantitative estimate of drug-likeness (QED) is 0.714. The zero-order valence-corrected chi connectivity index (χ0v) is 8.98. The summed E-state index contributed by atoms with van der Waals surface area (Å²) in [7, 11) is 1.47. The number of phenols is 1. The number of ether oxygens (including phenoxy) is 1. The topological polar surface area (TPSA) is 111 Å². The Balaban J connectivity index is 2.30. The van der Waals surface area contributed by atoms with Gasteiger partial charge in [0, 0.05) is 5.56 Å². The molecule has 8 nitrogen and oxygen atoms in total. The number of nitrogen functional groups attached to an aromatic ring is 1. The number of nitrogens with two attached hydrogens (primary N) is 1. The van der Waals surface area contributed by atoms with Crippen molar-refractivity contribution in [2.45, 2.75) is 0 Å². The second kappa shape index (κ2) is 4.47. The maximum absolute atomic E-state index is 9.78. The van der Waals surface area contributed by atoms with Gasteiger partial charge in [-0.25, -0.2) is 0 Å². The first-order valence-corrected chi connectivity index (χ1v) is 4.66. The molecule has 1 aromatic carbocycles. The fourth-order valence-electron chi connectivity index (χ4n) is 1.20. The Morgan fingerprint density at radius 1 is 1.53 bits per heavy atom. The smallest absolute Gasteiger partial charge is 0.263 e. The Bertz CT molecular complexity index is 550. The van der Waals surface area contributed by atoms with Crippen molar-refractivity contribution in [3.8, 4) is 11.5 Å². The average Bonchev–Trinajstić information content (AvgIpc) is 2.74. The molecule has 0 amide bonds. The number of phenolic OH excluding ortho intramolecular Hbond substituents is 1. The molecular weight excluding hydrogens is 224 g/mol. The molecule has 2 rings (SSSR count). The van der Waals surface area contributed by atoms with Crippen LogP contribution in [0.5, 0.6) is 11.5 Å². The molecule has 88 valence electrons. The maximum Gasteiger partial charge on any atom is 0.263 e. The highest BCUT2D eigenvalue weighted by molar-refractivity contribution is 5.84.